The van der Waals surface area contributed by atoms with Gasteiger partial charge in [-0.15, -0.1) is 0 Å². The molecule has 1 spiro atoms. The summed E-state index contributed by atoms with van der Waals surface area (Å²) in [7, 11) is -1.10. The molecule has 0 N–H and O–H groups in total. The highest BCUT2D eigenvalue weighted by Crippen LogP contribution is 2.63. The zero-order chi connectivity index (χ0) is 14.6. The van der Waals surface area contributed by atoms with Crippen LogP contribution in [0.4, 0.5) is 0 Å². The summed E-state index contributed by atoms with van der Waals surface area (Å²) in [6.07, 6.45) is 7.64. The average Bonchev–Trinajstić information content (AvgIpc) is 3.01. The first kappa shape index (κ1) is 14.8. The lowest BCUT2D eigenvalue weighted by molar-refractivity contribution is -0.186. The first-order valence-corrected chi connectivity index (χ1v) is 11.8. The van der Waals surface area contributed by atoms with E-state index in [1.165, 1.54) is 12.8 Å². The summed E-state index contributed by atoms with van der Waals surface area (Å²) in [5.41, 5.74) is 1.69. The van der Waals surface area contributed by atoms with Crippen LogP contribution in [0.5, 0.6) is 0 Å². The fourth-order valence-corrected chi connectivity index (χ4v) is 6.54. The van der Waals surface area contributed by atoms with E-state index in [0.717, 1.165) is 26.1 Å². The van der Waals surface area contributed by atoms with Crippen molar-refractivity contribution in [2.45, 2.75) is 70.0 Å². The average molecular weight is 295 g/mol. The Hall–Kier alpha value is -0.123. The van der Waals surface area contributed by atoms with Crippen LogP contribution in [0, 0.1) is 11.8 Å². The van der Waals surface area contributed by atoms with Crippen LogP contribution in [0.25, 0.3) is 0 Å². The van der Waals surface area contributed by atoms with Crippen molar-refractivity contribution in [1.29, 1.82) is 0 Å². The fourth-order valence-electron chi connectivity index (χ4n) is 4.32. The molecular formula is C17H30O2Si. The molecule has 0 radical (unpaired) electrons. The summed E-state index contributed by atoms with van der Waals surface area (Å²) >= 11 is 0. The summed E-state index contributed by atoms with van der Waals surface area (Å²) in [6, 6.07) is 0. The lowest BCUT2D eigenvalue weighted by Gasteiger charge is -2.41. The number of ether oxygens (including phenoxy) is 2. The summed E-state index contributed by atoms with van der Waals surface area (Å²) < 4.78 is 11.9. The highest BCUT2D eigenvalue weighted by molar-refractivity contribution is 6.80. The second-order valence-electron chi connectivity index (χ2n) is 8.37. The second-order valence-corrected chi connectivity index (χ2v) is 13.9. The molecular weight excluding hydrogens is 264 g/mol. The molecule has 0 bridgehead atoms. The van der Waals surface area contributed by atoms with Crippen molar-refractivity contribution in [3.05, 3.63) is 11.6 Å². The van der Waals surface area contributed by atoms with Gasteiger partial charge < -0.3 is 9.47 Å². The van der Waals surface area contributed by atoms with Crippen LogP contribution in [0.1, 0.15) is 39.5 Å². The van der Waals surface area contributed by atoms with Crippen molar-refractivity contribution >= 4 is 8.07 Å². The monoisotopic (exact) mass is 294 g/mol. The van der Waals surface area contributed by atoms with Gasteiger partial charge in [0.2, 0.25) is 0 Å². The molecule has 0 aromatic heterocycles. The topological polar surface area (TPSA) is 18.5 Å². The van der Waals surface area contributed by atoms with E-state index in [9.17, 15) is 0 Å². The zero-order valence-corrected chi connectivity index (χ0v) is 14.8. The van der Waals surface area contributed by atoms with Gasteiger partial charge in [0.1, 0.15) is 0 Å². The predicted octanol–water partition coefficient (Wildman–Crippen LogP) is 4.59. The van der Waals surface area contributed by atoms with Crippen LogP contribution >= 0.6 is 0 Å². The highest BCUT2D eigenvalue weighted by atomic mass is 28.3. The summed E-state index contributed by atoms with van der Waals surface area (Å²) in [6.45, 7) is 13.9. The molecule has 3 fully saturated rings. The molecule has 20 heavy (non-hydrogen) atoms. The van der Waals surface area contributed by atoms with Crippen LogP contribution in [0.2, 0.25) is 24.7 Å². The minimum Gasteiger partial charge on any atom is -0.347 e. The minimum atomic E-state index is -1.10. The molecule has 2 atom stereocenters. The molecule has 1 aliphatic heterocycles. The third kappa shape index (κ3) is 2.42. The van der Waals surface area contributed by atoms with Crippen molar-refractivity contribution in [1.82, 2.24) is 0 Å². The zero-order valence-electron chi connectivity index (χ0n) is 13.8. The first-order valence-electron chi connectivity index (χ1n) is 8.28. The van der Waals surface area contributed by atoms with E-state index in [4.69, 9.17) is 9.47 Å². The van der Waals surface area contributed by atoms with Crippen molar-refractivity contribution in [3.8, 4) is 0 Å². The molecule has 3 rings (SSSR count). The van der Waals surface area contributed by atoms with Crippen molar-refractivity contribution in [2.24, 2.45) is 11.8 Å². The van der Waals surface area contributed by atoms with Gasteiger partial charge in [-0.25, -0.2) is 0 Å². The van der Waals surface area contributed by atoms with Crippen LogP contribution in [-0.4, -0.2) is 27.1 Å². The maximum absolute atomic E-state index is 5.94. The van der Waals surface area contributed by atoms with Crippen LogP contribution in [-0.2, 0) is 9.47 Å². The van der Waals surface area contributed by atoms with Gasteiger partial charge in [-0.2, -0.15) is 0 Å². The predicted molar refractivity (Wildman–Crippen MR) is 85.6 cm³/mol. The van der Waals surface area contributed by atoms with Crippen LogP contribution in [0.15, 0.2) is 11.6 Å². The molecule has 2 saturated carbocycles. The molecule has 3 heteroatoms. The normalized spacial score (nSPS) is 35.4. The minimum absolute atomic E-state index is 0.258. The first-order chi connectivity index (χ1) is 9.27. The standard InChI is InChI=1S/C17H30O2Si/c1-13-10-17(18-8-9-19-17)11-14(2)15(13)12-16(6-7-16)20(3,4)5/h12-14H,6-11H2,1-5H3/t13-,14-/m0/s1. The molecule has 0 unspecified atom stereocenters. The van der Waals surface area contributed by atoms with Gasteiger partial charge in [0.05, 0.1) is 21.3 Å². The Labute approximate surface area is 124 Å². The van der Waals surface area contributed by atoms with E-state index in [2.05, 4.69) is 39.6 Å². The Bertz CT molecular complexity index is 395. The molecule has 3 aliphatic rings. The molecule has 114 valence electrons. The largest absolute Gasteiger partial charge is 0.347 e. The SMILES string of the molecule is C[C@H]1CC2(C[C@H](C)C1=CC1([Si](C)(C)C)CC1)OCCO2. The molecule has 2 nitrogen and oxygen atoms in total. The maximum atomic E-state index is 5.94. The van der Waals surface area contributed by atoms with E-state index < -0.39 is 8.07 Å². The van der Waals surface area contributed by atoms with Gasteiger partial charge in [-0.3, -0.25) is 0 Å². The van der Waals surface area contributed by atoms with Crippen LogP contribution in [0.3, 0.4) is 0 Å². The van der Waals surface area contributed by atoms with E-state index in [1.54, 1.807) is 5.57 Å². The maximum Gasteiger partial charge on any atom is 0.169 e. The van der Waals surface area contributed by atoms with E-state index in [-0.39, 0.29) is 5.79 Å². The van der Waals surface area contributed by atoms with E-state index >= 15 is 0 Å². The summed E-state index contributed by atoms with van der Waals surface area (Å²) in [5.74, 6) is 0.947. The fraction of sp³-hybridized carbons (Fsp3) is 0.882. The number of allylic oxidation sites excluding steroid dienone is 2. The van der Waals surface area contributed by atoms with E-state index in [1.807, 2.05) is 0 Å². The van der Waals surface area contributed by atoms with Gasteiger partial charge in [0.15, 0.2) is 5.79 Å². The van der Waals surface area contributed by atoms with Gasteiger partial charge in [-0.1, -0.05) is 45.1 Å². The van der Waals surface area contributed by atoms with Crippen molar-refractivity contribution in [2.75, 3.05) is 13.2 Å². The van der Waals surface area contributed by atoms with Gasteiger partial charge in [0, 0.05) is 12.8 Å². The second kappa shape index (κ2) is 4.69. The van der Waals surface area contributed by atoms with Gasteiger partial charge in [-0.05, 0) is 29.7 Å². The summed E-state index contributed by atoms with van der Waals surface area (Å²) in [4.78, 5) is 0. The van der Waals surface area contributed by atoms with Gasteiger partial charge in [0.25, 0.3) is 0 Å². The Balaban J connectivity index is 1.82. The summed E-state index contributed by atoms with van der Waals surface area (Å²) in [5, 5.41) is 0.590. The lowest BCUT2D eigenvalue weighted by Crippen LogP contribution is -2.40. The smallest absolute Gasteiger partial charge is 0.169 e. The molecule has 1 saturated heterocycles. The third-order valence-electron chi connectivity index (χ3n) is 5.91. The number of hydrogen-bond acceptors (Lipinski definition) is 2. The van der Waals surface area contributed by atoms with E-state index in [0.29, 0.717) is 16.9 Å². The van der Waals surface area contributed by atoms with Gasteiger partial charge >= 0.3 is 0 Å². The van der Waals surface area contributed by atoms with Crippen molar-refractivity contribution < 1.29 is 9.47 Å². The number of rotatable bonds is 2. The molecule has 2 aliphatic carbocycles. The Morgan fingerprint density at radius 2 is 1.50 bits per heavy atom. The Morgan fingerprint density at radius 1 is 1.00 bits per heavy atom. The Kier molecular flexibility index (Phi) is 3.47. The number of hydrogen-bond donors (Lipinski definition) is 0. The quantitative estimate of drug-likeness (QED) is 0.547. The highest BCUT2D eigenvalue weighted by Gasteiger charge is 2.53. The molecule has 0 amide bonds. The molecule has 0 aromatic rings. The van der Waals surface area contributed by atoms with Crippen LogP contribution < -0.4 is 0 Å². The van der Waals surface area contributed by atoms with Crippen molar-refractivity contribution in [3.63, 3.8) is 0 Å². The third-order valence-corrected chi connectivity index (χ3v) is 9.54. The lowest BCUT2D eigenvalue weighted by atomic mass is 9.74. The Morgan fingerprint density at radius 3 is 1.90 bits per heavy atom. The molecule has 1 heterocycles. The molecule has 0 aromatic carbocycles.